The molecule has 4 rings (SSSR count). The molecule has 1 saturated heterocycles. The van der Waals surface area contributed by atoms with Crippen LogP contribution in [0.2, 0.25) is 0 Å². The molecular formula is C18H29N3O4S. The maximum absolute atomic E-state index is 12.8. The molecule has 3 unspecified atom stereocenters. The van der Waals surface area contributed by atoms with Crippen LogP contribution >= 0.6 is 0 Å². The van der Waals surface area contributed by atoms with Gasteiger partial charge in [-0.25, -0.2) is 17.9 Å². The third-order valence-corrected chi connectivity index (χ3v) is 8.73. The lowest BCUT2D eigenvalue weighted by molar-refractivity contribution is -0.139. The highest BCUT2D eigenvalue weighted by molar-refractivity contribution is 7.90. The number of urea groups is 1. The first kappa shape index (κ1) is 18.2. The number of nitrogens with one attached hydrogen (secondary N) is 1. The normalized spacial score (nSPS) is 34.0. The van der Waals surface area contributed by atoms with Gasteiger partial charge in [0.2, 0.25) is 15.9 Å². The number of carbonyl (C=O) groups is 2. The highest BCUT2D eigenvalue weighted by Crippen LogP contribution is 2.40. The largest absolute Gasteiger partial charge is 0.326 e. The van der Waals surface area contributed by atoms with E-state index in [9.17, 15) is 18.0 Å². The maximum atomic E-state index is 12.8. The average molecular weight is 384 g/mol. The van der Waals surface area contributed by atoms with Crippen LogP contribution in [0.25, 0.3) is 0 Å². The zero-order valence-corrected chi connectivity index (χ0v) is 16.4. The zero-order chi connectivity index (χ0) is 18.7. The molecule has 0 aromatic carbocycles. The van der Waals surface area contributed by atoms with Crippen LogP contribution < -0.4 is 4.72 Å². The Bertz CT molecular complexity index is 714. The van der Waals surface area contributed by atoms with E-state index in [1.807, 2.05) is 11.8 Å². The summed E-state index contributed by atoms with van der Waals surface area (Å²) in [6.07, 6.45) is 6.60. The minimum atomic E-state index is -3.44. The van der Waals surface area contributed by atoms with E-state index in [0.29, 0.717) is 31.7 Å². The SMILES string of the molecule is CN1C(=O)C2CC(S(=O)(=O)NC3(C)CC3)CCC2N(CCC2CC2)C1=O. The molecule has 0 aromatic heterocycles. The van der Waals surface area contributed by atoms with E-state index < -0.39 is 21.2 Å². The van der Waals surface area contributed by atoms with Crippen molar-refractivity contribution in [2.24, 2.45) is 11.8 Å². The van der Waals surface area contributed by atoms with Gasteiger partial charge in [0, 0.05) is 25.2 Å². The number of amides is 3. The van der Waals surface area contributed by atoms with Gasteiger partial charge in [0.1, 0.15) is 0 Å². The fraction of sp³-hybridized carbons (Fsp3) is 0.889. The molecule has 0 spiro atoms. The monoisotopic (exact) mass is 383 g/mol. The third-order valence-electron chi connectivity index (χ3n) is 6.65. The van der Waals surface area contributed by atoms with E-state index in [0.717, 1.165) is 19.3 Å². The lowest BCUT2D eigenvalue weighted by Crippen LogP contribution is -2.63. The van der Waals surface area contributed by atoms with Gasteiger partial charge in [-0.15, -0.1) is 0 Å². The van der Waals surface area contributed by atoms with Gasteiger partial charge in [-0.3, -0.25) is 9.69 Å². The number of carbonyl (C=O) groups excluding carboxylic acids is 2. The highest BCUT2D eigenvalue weighted by Gasteiger charge is 2.51. The van der Waals surface area contributed by atoms with Crippen molar-refractivity contribution < 1.29 is 18.0 Å². The topological polar surface area (TPSA) is 86.8 Å². The minimum Gasteiger partial charge on any atom is -0.321 e. The summed E-state index contributed by atoms with van der Waals surface area (Å²) >= 11 is 0. The van der Waals surface area contributed by atoms with Gasteiger partial charge in [0.15, 0.2) is 0 Å². The van der Waals surface area contributed by atoms with E-state index in [1.165, 1.54) is 24.8 Å². The number of fused-ring (bicyclic) bond motifs is 1. The Balaban J connectivity index is 1.49. The van der Waals surface area contributed by atoms with E-state index in [1.54, 1.807) is 0 Å². The van der Waals surface area contributed by atoms with Crippen LogP contribution in [0.5, 0.6) is 0 Å². The Morgan fingerprint density at radius 1 is 1.15 bits per heavy atom. The van der Waals surface area contributed by atoms with Crippen molar-refractivity contribution in [1.82, 2.24) is 14.5 Å². The minimum absolute atomic E-state index is 0.145. The van der Waals surface area contributed by atoms with Gasteiger partial charge >= 0.3 is 6.03 Å². The molecule has 7 nitrogen and oxygen atoms in total. The van der Waals surface area contributed by atoms with Gasteiger partial charge in [-0.1, -0.05) is 12.8 Å². The fourth-order valence-corrected chi connectivity index (χ4v) is 6.38. The zero-order valence-electron chi connectivity index (χ0n) is 15.6. The molecule has 3 saturated carbocycles. The summed E-state index contributed by atoms with van der Waals surface area (Å²) in [5.74, 6) is 0.0869. The molecule has 1 N–H and O–H groups in total. The van der Waals surface area contributed by atoms with Gasteiger partial charge in [0.25, 0.3) is 0 Å². The number of hydrogen-bond donors (Lipinski definition) is 1. The molecule has 4 fully saturated rings. The second kappa shape index (κ2) is 6.19. The van der Waals surface area contributed by atoms with Gasteiger partial charge in [0.05, 0.1) is 11.2 Å². The van der Waals surface area contributed by atoms with Crippen molar-refractivity contribution in [2.45, 2.75) is 75.1 Å². The predicted molar refractivity (Wildman–Crippen MR) is 96.8 cm³/mol. The van der Waals surface area contributed by atoms with Crippen LogP contribution in [0.15, 0.2) is 0 Å². The molecule has 26 heavy (non-hydrogen) atoms. The molecule has 8 heteroatoms. The van der Waals surface area contributed by atoms with Crippen LogP contribution in [0.4, 0.5) is 4.79 Å². The second-order valence-electron chi connectivity index (χ2n) is 8.92. The number of nitrogens with zero attached hydrogens (tertiary/aromatic N) is 2. The molecule has 1 aliphatic heterocycles. The summed E-state index contributed by atoms with van der Waals surface area (Å²) < 4.78 is 28.3. The van der Waals surface area contributed by atoms with Crippen molar-refractivity contribution >= 4 is 22.0 Å². The summed E-state index contributed by atoms with van der Waals surface area (Å²) in [5.41, 5.74) is -0.296. The van der Waals surface area contributed by atoms with Crippen LogP contribution in [0, 0.1) is 11.8 Å². The van der Waals surface area contributed by atoms with Crippen LogP contribution in [-0.4, -0.2) is 60.6 Å². The summed E-state index contributed by atoms with van der Waals surface area (Å²) in [5, 5.41) is -0.544. The first-order valence-corrected chi connectivity index (χ1v) is 11.4. The van der Waals surface area contributed by atoms with Gasteiger partial charge in [-0.05, 0) is 51.4 Å². The summed E-state index contributed by atoms with van der Waals surface area (Å²) in [6, 6.07) is -0.366. The fourth-order valence-electron chi connectivity index (χ4n) is 4.42. The van der Waals surface area contributed by atoms with Crippen LogP contribution in [0.3, 0.4) is 0 Å². The van der Waals surface area contributed by atoms with E-state index in [4.69, 9.17) is 0 Å². The van der Waals surface area contributed by atoms with Crippen molar-refractivity contribution in [3.05, 3.63) is 0 Å². The molecule has 1 heterocycles. The first-order chi connectivity index (χ1) is 12.2. The number of imide groups is 1. The molecule has 3 aliphatic carbocycles. The number of sulfonamides is 1. The van der Waals surface area contributed by atoms with Crippen LogP contribution in [-0.2, 0) is 14.8 Å². The van der Waals surface area contributed by atoms with Crippen molar-refractivity contribution in [3.8, 4) is 0 Å². The van der Waals surface area contributed by atoms with Crippen LogP contribution in [0.1, 0.15) is 58.3 Å². The Morgan fingerprint density at radius 2 is 1.85 bits per heavy atom. The third kappa shape index (κ3) is 3.38. The molecule has 3 atom stereocenters. The average Bonchev–Trinajstić information content (AvgIpc) is 3.51. The molecule has 0 aromatic rings. The Hall–Kier alpha value is -1.15. The van der Waals surface area contributed by atoms with Gasteiger partial charge < -0.3 is 4.90 Å². The Morgan fingerprint density at radius 3 is 2.46 bits per heavy atom. The highest BCUT2D eigenvalue weighted by atomic mass is 32.2. The summed E-state index contributed by atoms with van der Waals surface area (Å²) in [7, 11) is -1.92. The molecule has 0 radical (unpaired) electrons. The van der Waals surface area contributed by atoms with Crippen molar-refractivity contribution in [2.75, 3.05) is 13.6 Å². The predicted octanol–water partition coefficient (Wildman–Crippen LogP) is 1.69. The quantitative estimate of drug-likeness (QED) is 0.756. The molecular weight excluding hydrogens is 354 g/mol. The smallest absolute Gasteiger partial charge is 0.321 e. The van der Waals surface area contributed by atoms with E-state index >= 15 is 0 Å². The lowest BCUT2D eigenvalue weighted by atomic mass is 9.81. The standard InChI is InChI=1S/C18H29N3O4S/c1-18(8-9-18)19-26(24,25)13-5-6-15-14(11-13)16(22)20(2)17(23)21(15)10-7-12-3-4-12/h12-15,19H,3-11H2,1-2H3. The maximum Gasteiger partial charge on any atom is 0.326 e. The Labute approximate surface area is 155 Å². The van der Waals surface area contributed by atoms with Gasteiger partial charge in [-0.2, -0.15) is 0 Å². The Kier molecular flexibility index (Phi) is 4.34. The molecule has 3 amide bonds. The number of rotatable bonds is 6. The first-order valence-electron chi connectivity index (χ1n) is 9.81. The van der Waals surface area contributed by atoms with E-state index in [-0.39, 0.29) is 23.5 Å². The molecule has 146 valence electrons. The summed E-state index contributed by atoms with van der Waals surface area (Å²) in [4.78, 5) is 28.3. The van der Waals surface area contributed by atoms with Crippen molar-refractivity contribution in [3.63, 3.8) is 0 Å². The molecule has 4 aliphatic rings. The second-order valence-corrected chi connectivity index (χ2v) is 10.9. The van der Waals surface area contributed by atoms with Crippen molar-refractivity contribution in [1.29, 1.82) is 0 Å². The summed E-state index contributed by atoms with van der Waals surface area (Å²) in [6.45, 7) is 2.60. The lowest BCUT2D eigenvalue weighted by Gasteiger charge is -2.47. The number of hydrogen-bond acceptors (Lipinski definition) is 4. The van der Waals surface area contributed by atoms with E-state index in [2.05, 4.69) is 4.72 Å². The molecule has 0 bridgehead atoms.